The maximum Gasteiger partial charge on any atom is 0.191 e. The van der Waals surface area contributed by atoms with Crippen molar-refractivity contribution in [3.05, 3.63) is 47.7 Å². The minimum Gasteiger partial charge on any atom is -0.358 e. The first-order chi connectivity index (χ1) is 10.2. The SMILES string of the molecule is C=CCNC(=NCc1ccc2[nH]c(C)c(C)c2c1)NCC. The van der Waals surface area contributed by atoms with Crippen molar-refractivity contribution in [3.8, 4) is 0 Å². The van der Waals surface area contributed by atoms with Crippen LogP contribution in [0.2, 0.25) is 0 Å². The molecule has 1 heterocycles. The summed E-state index contributed by atoms with van der Waals surface area (Å²) in [6.45, 7) is 12.2. The largest absolute Gasteiger partial charge is 0.358 e. The zero-order valence-electron chi connectivity index (χ0n) is 13.1. The Labute approximate surface area is 126 Å². The number of aryl methyl sites for hydroxylation is 2. The van der Waals surface area contributed by atoms with Crippen LogP contribution in [0.5, 0.6) is 0 Å². The number of nitrogens with zero attached hydrogens (tertiary/aromatic N) is 1. The van der Waals surface area contributed by atoms with Crippen LogP contribution in [-0.2, 0) is 6.54 Å². The number of benzene rings is 1. The Hall–Kier alpha value is -2.23. The molecular weight excluding hydrogens is 260 g/mol. The first-order valence-corrected chi connectivity index (χ1v) is 7.36. The lowest BCUT2D eigenvalue weighted by Gasteiger charge is -2.09. The molecule has 112 valence electrons. The van der Waals surface area contributed by atoms with E-state index in [1.54, 1.807) is 0 Å². The highest BCUT2D eigenvalue weighted by Crippen LogP contribution is 2.22. The smallest absolute Gasteiger partial charge is 0.191 e. The van der Waals surface area contributed by atoms with Crippen molar-refractivity contribution in [2.45, 2.75) is 27.3 Å². The third-order valence-electron chi connectivity index (χ3n) is 3.55. The van der Waals surface area contributed by atoms with Crippen molar-refractivity contribution >= 4 is 16.9 Å². The fraction of sp³-hybridized carbons (Fsp3) is 0.353. The van der Waals surface area contributed by atoms with E-state index in [0.717, 1.165) is 12.5 Å². The van der Waals surface area contributed by atoms with E-state index in [1.807, 2.05) is 6.08 Å². The van der Waals surface area contributed by atoms with Crippen molar-refractivity contribution in [3.63, 3.8) is 0 Å². The second kappa shape index (κ2) is 6.97. The summed E-state index contributed by atoms with van der Waals surface area (Å²) >= 11 is 0. The van der Waals surface area contributed by atoms with E-state index in [-0.39, 0.29) is 0 Å². The van der Waals surface area contributed by atoms with E-state index >= 15 is 0 Å². The molecule has 0 fully saturated rings. The molecule has 1 aromatic heterocycles. The Morgan fingerprint density at radius 1 is 1.33 bits per heavy atom. The highest BCUT2D eigenvalue weighted by molar-refractivity contribution is 5.85. The van der Waals surface area contributed by atoms with Gasteiger partial charge in [0.15, 0.2) is 5.96 Å². The topological polar surface area (TPSA) is 52.2 Å². The number of hydrogen-bond acceptors (Lipinski definition) is 1. The van der Waals surface area contributed by atoms with Gasteiger partial charge >= 0.3 is 0 Å². The third kappa shape index (κ3) is 3.66. The predicted octanol–water partition coefficient (Wildman–Crippen LogP) is 3.03. The highest BCUT2D eigenvalue weighted by Gasteiger charge is 2.05. The number of nitrogens with one attached hydrogen (secondary N) is 3. The lowest BCUT2D eigenvalue weighted by atomic mass is 10.1. The number of hydrogen-bond donors (Lipinski definition) is 3. The van der Waals surface area contributed by atoms with Crippen molar-refractivity contribution in [1.29, 1.82) is 0 Å². The Morgan fingerprint density at radius 2 is 2.14 bits per heavy atom. The second-order valence-electron chi connectivity index (χ2n) is 5.12. The van der Waals surface area contributed by atoms with Gasteiger partial charge in [-0.2, -0.15) is 0 Å². The van der Waals surface area contributed by atoms with E-state index < -0.39 is 0 Å². The molecule has 0 saturated carbocycles. The number of aliphatic imine (C=N–C) groups is 1. The molecule has 4 nitrogen and oxygen atoms in total. The van der Waals surface area contributed by atoms with Crippen molar-refractivity contribution < 1.29 is 0 Å². The van der Waals surface area contributed by atoms with Crippen LogP contribution in [0.15, 0.2) is 35.8 Å². The highest BCUT2D eigenvalue weighted by atomic mass is 15.2. The second-order valence-corrected chi connectivity index (χ2v) is 5.12. The molecule has 0 radical (unpaired) electrons. The zero-order valence-corrected chi connectivity index (χ0v) is 13.1. The fourth-order valence-corrected chi connectivity index (χ4v) is 2.29. The number of guanidine groups is 1. The van der Waals surface area contributed by atoms with Gasteiger partial charge in [0.2, 0.25) is 0 Å². The molecule has 0 saturated heterocycles. The van der Waals surface area contributed by atoms with Crippen LogP contribution in [0.3, 0.4) is 0 Å². The van der Waals surface area contributed by atoms with Gasteiger partial charge in [-0.05, 0) is 44.0 Å². The first kappa shape index (κ1) is 15.2. The van der Waals surface area contributed by atoms with Gasteiger partial charge in [-0.15, -0.1) is 6.58 Å². The minimum absolute atomic E-state index is 0.659. The summed E-state index contributed by atoms with van der Waals surface area (Å²) in [6, 6.07) is 6.47. The maximum absolute atomic E-state index is 4.60. The fourth-order valence-electron chi connectivity index (χ4n) is 2.29. The first-order valence-electron chi connectivity index (χ1n) is 7.36. The Bertz CT molecular complexity index is 652. The molecule has 21 heavy (non-hydrogen) atoms. The maximum atomic E-state index is 4.60. The van der Waals surface area contributed by atoms with E-state index in [1.165, 1.54) is 27.7 Å². The van der Waals surface area contributed by atoms with Crippen LogP contribution in [0, 0.1) is 13.8 Å². The molecular formula is C17H24N4. The van der Waals surface area contributed by atoms with E-state index in [2.05, 4.69) is 66.2 Å². The summed E-state index contributed by atoms with van der Waals surface area (Å²) in [6.07, 6.45) is 1.82. The van der Waals surface area contributed by atoms with Gasteiger partial charge in [-0.3, -0.25) is 0 Å². The number of fused-ring (bicyclic) bond motifs is 1. The van der Waals surface area contributed by atoms with Crippen molar-refractivity contribution in [1.82, 2.24) is 15.6 Å². The van der Waals surface area contributed by atoms with Crippen molar-refractivity contribution in [2.24, 2.45) is 4.99 Å². The predicted molar refractivity (Wildman–Crippen MR) is 90.8 cm³/mol. The van der Waals surface area contributed by atoms with Gasteiger partial charge < -0.3 is 15.6 Å². The molecule has 0 aliphatic carbocycles. The van der Waals surface area contributed by atoms with Crippen LogP contribution in [0.1, 0.15) is 23.7 Å². The standard InChI is InChI=1S/C17H24N4/c1-5-9-19-17(18-6-2)20-11-14-7-8-16-15(10-14)12(3)13(4)21-16/h5,7-8,10,21H,1,6,9,11H2,2-4H3,(H2,18,19,20). The lowest BCUT2D eigenvalue weighted by molar-refractivity contribution is 0.860. The summed E-state index contributed by atoms with van der Waals surface area (Å²) in [5, 5.41) is 7.71. The average Bonchev–Trinajstić information content (AvgIpc) is 2.77. The molecule has 0 spiro atoms. The normalized spacial score (nSPS) is 11.7. The summed E-state index contributed by atoms with van der Waals surface area (Å²) in [7, 11) is 0. The molecule has 0 unspecified atom stereocenters. The van der Waals surface area contributed by atoms with Crippen LogP contribution in [0.4, 0.5) is 0 Å². The van der Waals surface area contributed by atoms with Crippen LogP contribution in [-0.4, -0.2) is 24.0 Å². The van der Waals surface area contributed by atoms with E-state index in [9.17, 15) is 0 Å². The van der Waals surface area contributed by atoms with Gasteiger partial charge in [0.05, 0.1) is 6.54 Å². The molecule has 4 heteroatoms. The molecule has 2 aromatic rings. The van der Waals surface area contributed by atoms with Crippen LogP contribution < -0.4 is 10.6 Å². The monoisotopic (exact) mass is 284 g/mol. The number of rotatable bonds is 5. The summed E-state index contributed by atoms with van der Waals surface area (Å²) in [5.74, 6) is 0.819. The minimum atomic E-state index is 0.659. The molecule has 0 aliphatic heterocycles. The number of aromatic nitrogens is 1. The van der Waals surface area contributed by atoms with Crippen LogP contribution >= 0.6 is 0 Å². The summed E-state index contributed by atoms with van der Waals surface area (Å²) in [5.41, 5.74) is 4.94. The van der Waals surface area contributed by atoms with E-state index in [0.29, 0.717) is 13.1 Å². The summed E-state index contributed by atoms with van der Waals surface area (Å²) in [4.78, 5) is 8.00. The molecule has 0 amide bonds. The third-order valence-corrected chi connectivity index (χ3v) is 3.55. The van der Waals surface area contributed by atoms with Crippen LogP contribution in [0.25, 0.3) is 10.9 Å². The van der Waals surface area contributed by atoms with Gasteiger partial charge in [0.25, 0.3) is 0 Å². The molecule has 1 aromatic carbocycles. The molecule has 3 N–H and O–H groups in total. The molecule has 0 bridgehead atoms. The van der Waals surface area contributed by atoms with Gasteiger partial charge in [0, 0.05) is 29.7 Å². The number of aromatic amines is 1. The molecule has 0 aliphatic rings. The Kier molecular flexibility index (Phi) is 5.04. The van der Waals surface area contributed by atoms with Gasteiger partial charge in [-0.25, -0.2) is 4.99 Å². The van der Waals surface area contributed by atoms with Crippen molar-refractivity contribution in [2.75, 3.05) is 13.1 Å². The van der Waals surface area contributed by atoms with Gasteiger partial charge in [0.1, 0.15) is 0 Å². The Balaban J connectivity index is 2.17. The molecule has 0 atom stereocenters. The Morgan fingerprint density at radius 3 is 2.86 bits per heavy atom. The van der Waals surface area contributed by atoms with Gasteiger partial charge in [-0.1, -0.05) is 12.1 Å². The zero-order chi connectivity index (χ0) is 15.2. The van der Waals surface area contributed by atoms with E-state index in [4.69, 9.17) is 0 Å². The average molecular weight is 284 g/mol. The molecule has 2 rings (SSSR count). The summed E-state index contributed by atoms with van der Waals surface area (Å²) < 4.78 is 0. The number of H-pyrrole nitrogens is 1. The quantitative estimate of drug-likeness (QED) is 0.449. The lowest BCUT2D eigenvalue weighted by Crippen LogP contribution is -2.37.